The monoisotopic (exact) mass is 234 g/mol. The fourth-order valence-corrected chi connectivity index (χ4v) is 2.32. The number of nitrogens with zero attached hydrogens (tertiary/aromatic N) is 3. The average Bonchev–Trinajstić information content (AvgIpc) is 2.97. The van der Waals surface area contributed by atoms with E-state index in [2.05, 4.69) is 41.5 Å². The molecular weight excluding hydrogens is 212 g/mol. The van der Waals surface area contributed by atoms with Crippen LogP contribution in [0.5, 0.6) is 0 Å². The van der Waals surface area contributed by atoms with Gasteiger partial charge in [0.25, 0.3) is 0 Å². The third kappa shape index (κ3) is 2.52. The number of hydrogen-bond donors (Lipinski definition) is 1. The van der Waals surface area contributed by atoms with Gasteiger partial charge in [0.1, 0.15) is 0 Å². The molecule has 4 nitrogen and oxygen atoms in total. The molecule has 0 aliphatic carbocycles. The van der Waals surface area contributed by atoms with Crippen LogP contribution in [-0.4, -0.2) is 35.7 Å². The largest absolute Gasteiger partial charge is 0.341 e. The number of likely N-dealkylation sites (N-methyl/N-ethyl adjacent to an activating group) is 1. The zero-order valence-corrected chi connectivity index (χ0v) is 10.8. The Morgan fingerprint density at radius 2 is 2.53 bits per heavy atom. The predicted octanol–water partition coefficient (Wildman–Crippen LogP) is 1.43. The Morgan fingerprint density at radius 1 is 1.71 bits per heavy atom. The van der Waals surface area contributed by atoms with Crippen LogP contribution in [-0.2, 0) is 13.0 Å². The number of anilines is 1. The van der Waals surface area contributed by atoms with Crippen molar-refractivity contribution in [3.63, 3.8) is 0 Å². The number of imidazole rings is 1. The van der Waals surface area contributed by atoms with Crippen molar-refractivity contribution in [2.45, 2.75) is 32.4 Å². The van der Waals surface area contributed by atoms with E-state index in [1.165, 1.54) is 6.42 Å². The highest BCUT2D eigenvalue weighted by molar-refractivity contribution is 5.35. The first-order valence-electron chi connectivity index (χ1n) is 6.36. The summed E-state index contributed by atoms with van der Waals surface area (Å²) >= 11 is 0. The molecule has 1 saturated heterocycles. The Balaban J connectivity index is 2.21. The molecule has 2 heterocycles. The van der Waals surface area contributed by atoms with Crippen LogP contribution in [0.2, 0.25) is 0 Å². The normalized spacial score (nSPS) is 19.5. The van der Waals surface area contributed by atoms with E-state index < -0.39 is 0 Å². The van der Waals surface area contributed by atoms with Crippen LogP contribution < -0.4 is 10.2 Å². The Kier molecular flexibility index (Phi) is 3.84. The lowest BCUT2D eigenvalue weighted by Crippen LogP contribution is -2.35. The van der Waals surface area contributed by atoms with Gasteiger partial charge in [0.05, 0.1) is 5.69 Å². The SMILES string of the molecule is C=CCn1cc(CC)nc1N(C)C1CCNC1. The number of aromatic nitrogens is 2. The summed E-state index contributed by atoms with van der Waals surface area (Å²) in [5.41, 5.74) is 1.15. The van der Waals surface area contributed by atoms with Crippen LogP contribution in [0.3, 0.4) is 0 Å². The summed E-state index contributed by atoms with van der Waals surface area (Å²) in [4.78, 5) is 7.00. The minimum absolute atomic E-state index is 0.561. The Morgan fingerprint density at radius 3 is 3.12 bits per heavy atom. The van der Waals surface area contributed by atoms with E-state index in [0.29, 0.717) is 6.04 Å². The topological polar surface area (TPSA) is 33.1 Å². The van der Waals surface area contributed by atoms with Gasteiger partial charge in [-0.05, 0) is 19.4 Å². The van der Waals surface area contributed by atoms with Gasteiger partial charge >= 0.3 is 0 Å². The second kappa shape index (κ2) is 5.36. The molecule has 1 N–H and O–H groups in total. The molecule has 1 aliphatic rings. The fourth-order valence-electron chi connectivity index (χ4n) is 2.32. The van der Waals surface area contributed by atoms with Crippen LogP contribution in [0, 0.1) is 0 Å². The first-order chi connectivity index (χ1) is 8.26. The van der Waals surface area contributed by atoms with Crippen molar-refractivity contribution in [1.29, 1.82) is 0 Å². The lowest BCUT2D eigenvalue weighted by atomic mass is 10.2. The molecule has 1 aromatic heterocycles. The highest BCUT2D eigenvalue weighted by Crippen LogP contribution is 2.18. The van der Waals surface area contributed by atoms with Gasteiger partial charge in [-0.1, -0.05) is 13.0 Å². The molecule has 2 rings (SSSR count). The molecule has 0 saturated carbocycles. The van der Waals surface area contributed by atoms with Gasteiger partial charge in [0, 0.05) is 32.4 Å². The van der Waals surface area contributed by atoms with E-state index >= 15 is 0 Å². The maximum Gasteiger partial charge on any atom is 0.206 e. The molecule has 1 unspecified atom stereocenters. The van der Waals surface area contributed by atoms with Crippen molar-refractivity contribution in [3.05, 3.63) is 24.5 Å². The number of aryl methyl sites for hydroxylation is 1. The molecule has 94 valence electrons. The highest BCUT2D eigenvalue weighted by Gasteiger charge is 2.22. The van der Waals surface area contributed by atoms with E-state index in [9.17, 15) is 0 Å². The molecular formula is C13H22N4. The summed E-state index contributed by atoms with van der Waals surface area (Å²) in [5.74, 6) is 1.07. The van der Waals surface area contributed by atoms with Gasteiger partial charge in [-0.15, -0.1) is 6.58 Å². The second-order valence-electron chi connectivity index (χ2n) is 4.58. The first-order valence-corrected chi connectivity index (χ1v) is 6.36. The Labute approximate surface area is 103 Å². The van der Waals surface area contributed by atoms with Crippen LogP contribution in [0.15, 0.2) is 18.9 Å². The number of nitrogens with one attached hydrogen (secondary N) is 1. The molecule has 17 heavy (non-hydrogen) atoms. The first kappa shape index (κ1) is 12.2. The van der Waals surface area contributed by atoms with Crippen molar-refractivity contribution >= 4 is 5.95 Å². The van der Waals surface area contributed by atoms with Crippen LogP contribution in [0.1, 0.15) is 19.0 Å². The third-order valence-electron chi connectivity index (χ3n) is 3.39. The molecule has 1 atom stereocenters. The van der Waals surface area contributed by atoms with E-state index in [0.717, 1.165) is 37.7 Å². The summed E-state index contributed by atoms with van der Waals surface area (Å²) in [7, 11) is 2.14. The molecule has 0 aromatic carbocycles. The molecule has 1 fully saturated rings. The van der Waals surface area contributed by atoms with Crippen molar-refractivity contribution < 1.29 is 0 Å². The van der Waals surface area contributed by atoms with Crippen molar-refractivity contribution in [1.82, 2.24) is 14.9 Å². The van der Waals surface area contributed by atoms with Gasteiger partial charge in [-0.25, -0.2) is 4.98 Å². The van der Waals surface area contributed by atoms with Crippen molar-refractivity contribution in [3.8, 4) is 0 Å². The molecule has 1 aliphatic heterocycles. The minimum atomic E-state index is 0.561. The van der Waals surface area contributed by atoms with Gasteiger partial charge in [-0.2, -0.15) is 0 Å². The lowest BCUT2D eigenvalue weighted by Gasteiger charge is -2.25. The summed E-state index contributed by atoms with van der Waals surface area (Å²) in [6, 6.07) is 0.561. The van der Waals surface area contributed by atoms with Crippen molar-refractivity contribution in [2.24, 2.45) is 0 Å². The van der Waals surface area contributed by atoms with E-state index in [-0.39, 0.29) is 0 Å². The number of allylic oxidation sites excluding steroid dienone is 1. The number of hydrogen-bond acceptors (Lipinski definition) is 3. The third-order valence-corrected chi connectivity index (χ3v) is 3.39. The quantitative estimate of drug-likeness (QED) is 0.782. The van der Waals surface area contributed by atoms with E-state index in [1.54, 1.807) is 0 Å². The van der Waals surface area contributed by atoms with Crippen molar-refractivity contribution in [2.75, 3.05) is 25.0 Å². The van der Waals surface area contributed by atoms with E-state index in [4.69, 9.17) is 4.98 Å². The smallest absolute Gasteiger partial charge is 0.206 e. The van der Waals surface area contributed by atoms with Crippen LogP contribution in [0.25, 0.3) is 0 Å². The van der Waals surface area contributed by atoms with Crippen LogP contribution >= 0.6 is 0 Å². The molecule has 1 aromatic rings. The fraction of sp³-hybridized carbons (Fsp3) is 0.615. The summed E-state index contributed by atoms with van der Waals surface area (Å²) in [6.07, 6.45) is 6.23. The van der Waals surface area contributed by atoms with E-state index in [1.807, 2.05) is 6.08 Å². The molecule has 0 spiro atoms. The molecule has 0 radical (unpaired) electrons. The summed E-state index contributed by atoms with van der Waals surface area (Å²) in [5, 5.41) is 3.40. The molecule has 0 bridgehead atoms. The maximum absolute atomic E-state index is 4.71. The zero-order chi connectivity index (χ0) is 12.3. The van der Waals surface area contributed by atoms with Crippen LogP contribution in [0.4, 0.5) is 5.95 Å². The predicted molar refractivity (Wildman–Crippen MR) is 71.5 cm³/mol. The summed E-state index contributed by atoms with van der Waals surface area (Å²) in [6.45, 7) is 8.94. The minimum Gasteiger partial charge on any atom is -0.341 e. The number of rotatable bonds is 5. The molecule has 4 heteroatoms. The highest BCUT2D eigenvalue weighted by atomic mass is 15.3. The maximum atomic E-state index is 4.71. The Bertz CT molecular complexity index is 377. The Hall–Kier alpha value is -1.29. The second-order valence-corrected chi connectivity index (χ2v) is 4.58. The molecule has 0 amide bonds. The zero-order valence-electron chi connectivity index (χ0n) is 10.8. The van der Waals surface area contributed by atoms with Gasteiger partial charge in [-0.3, -0.25) is 0 Å². The van der Waals surface area contributed by atoms with Gasteiger partial charge in [0.15, 0.2) is 0 Å². The average molecular weight is 234 g/mol. The standard InChI is InChI=1S/C13H22N4/c1-4-8-17-10-11(5-2)15-13(17)16(3)12-6-7-14-9-12/h4,10,12,14H,1,5-9H2,2-3H3. The lowest BCUT2D eigenvalue weighted by molar-refractivity contribution is 0.646. The summed E-state index contributed by atoms with van der Waals surface area (Å²) < 4.78 is 2.18. The van der Waals surface area contributed by atoms with Gasteiger partial charge in [0.2, 0.25) is 5.95 Å². The van der Waals surface area contributed by atoms with Gasteiger partial charge < -0.3 is 14.8 Å².